The predicted octanol–water partition coefficient (Wildman–Crippen LogP) is 3.31. The number of fused-ring (bicyclic) bond motifs is 1. The van der Waals surface area contributed by atoms with Gasteiger partial charge in [-0.15, -0.1) is 0 Å². The van der Waals surface area contributed by atoms with Crippen LogP contribution in [0.3, 0.4) is 0 Å². The van der Waals surface area contributed by atoms with E-state index in [-0.39, 0.29) is 12.1 Å². The highest BCUT2D eigenvalue weighted by molar-refractivity contribution is 5.97. The Labute approximate surface area is 148 Å². The van der Waals surface area contributed by atoms with E-state index in [2.05, 4.69) is 15.2 Å². The lowest BCUT2D eigenvalue weighted by Gasteiger charge is -2.36. The summed E-state index contributed by atoms with van der Waals surface area (Å²) in [5.74, 6) is 0. The number of benzene rings is 1. The van der Waals surface area contributed by atoms with Crippen LogP contribution in [0.1, 0.15) is 33.6 Å². The number of piperidine rings is 1. The number of alkyl carbamates (subject to hydrolysis) is 1. The van der Waals surface area contributed by atoms with Gasteiger partial charge in [-0.3, -0.25) is 4.98 Å². The van der Waals surface area contributed by atoms with Gasteiger partial charge >= 0.3 is 6.09 Å². The zero-order valence-corrected chi connectivity index (χ0v) is 15.1. The normalized spacial score (nSPS) is 18.2. The minimum atomic E-state index is -0.496. The molecule has 0 radical (unpaired) electrons. The first kappa shape index (κ1) is 17.3. The highest BCUT2D eigenvalue weighted by Gasteiger charge is 2.26. The zero-order valence-electron chi connectivity index (χ0n) is 15.1. The van der Waals surface area contributed by atoms with Crippen molar-refractivity contribution in [2.45, 2.75) is 45.3 Å². The number of hydrogen-bond donors (Lipinski definition) is 2. The zero-order chi connectivity index (χ0) is 18.0. The summed E-state index contributed by atoms with van der Waals surface area (Å²) in [6, 6.07) is 8.03. The number of nitrogen functional groups attached to an aromatic ring is 1. The maximum atomic E-state index is 12.1. The molecule has 1 saturated heterocycles. The summed E-state index contributed by atoms with van der Waals surface area (Å²) in [4.78, 5) is 18.7. The average molecular weight is 342 g/mol. The Kier molecular flexibility index (Phi) is 4.70. The third-order valence-corrected chi connectivity index (χ3v) is 4.23. The summed E-state index contributed by atoms with van der Waals surface area (Å²) in [6.45, 7) is 7.21. The van der Waals surface area contributed by atoms with Crippen LogP contribution in [0.2, 0.25) is 0 Å². The van der Waals surface area contributed by atoms with Crippen molar-refractivity contribution in [3.05, 3.63) is 30.5 Å². The fraction of sp³-hybridized carbons (Fsp3) is 0.474. The molecule has 0 aliphatic carbocycles. The van der Waals surface area contributed by atoms with Gasteiger partial charge in [0, 0.05) is 24.5 Å². The standard InChI is InChI=1S/C19H26N4O2/c1-19(2,3)25-18(24)22-13-7-6-10-23(12-13)17-14-8-4-5-9-16(14)21-11-15(17)20/h4-5,8-9,11,13H,6-7,10,12,20H2,1-3H3,(H,22,24)/t13-/m0/s1. The van der Waals surface area contributed by atoms with Crippen LogP contribution in [0.4, 0.5) is 16.2 Å². The number of nitrogens with one attached hydrogen (secondary N) is 1. The van der Waals surface area contributed by atoms with Gasteiger partial charge < -0.3 is 20.7 Å². The predicted molar refractivity (Wildman–Crippen MR) is 101 cm³/mol. The average Bonchev–Trinajstić information content (AvgIpc) is 2.53. The van der Waals surface area contributed by atoms with Gasteiger partial charge in [-0.05, 0) is 39.7 Å². The second kappa shape index (κ2) is 6.78. The van der Waals surface area contributed by atoms with Gasteiger partial charge in [-0.25, -0.2) is 4.79 Å². The van der Waals surface area contributed by atoms with Gasteiger partial charge in [0.25, 0.3) is 0 Å². The number of nitrogens with two attached hydrogens (primary N) is 1. The van der Waals surface area contributed by atoms with Crippen molar-refractivity contribution in [1.29, 1.82) is 0 Å². The smallest absolute Gasteiger partial charge is 0.407 e. The van der Waals surface area contributed by atoms with E-state index in [1.165, 1.54) is 0 Å². The number of anilines is 2. The maximum Gasteiger partial charge on any atom is 0.407 e. The van der Waals surface area contributed by atoms with Crippen LogP contribution < -0.4 is 16.0 Å². The summed E-state index contributed by atoms with van der Waals surface area (Å²) < 4.78 is 5.37. The van der Waals surface area contributed by atoms with E-state index in [9.17, 15) is 4.79 Å². The molecule has 0 bridgehead atoms. The van der Waals surface area contributed by atoms with Crippen LogP contribution in [0.25, 0.3) is 10.9 Å². The summed E-state index contributed by atoms with van der Waals surface area (Å²) >= 11 is 0. The molecule has 2 heterocycles. The van der Waals surface area contributed by atoms with Crippen molar-refractivity contribution in [2.75, 3.05) is 23.7 Å². The number of aromatic nitrogens is 1. The Balaban J connectivity index is 1.78. The summed E-state index contributed by atoms with van der Waals surface area (Å²) in [5.41, 5.74) is 8.33. The molecular weight excluding hydrogens is 316 g/mol. The Hall–Kier alpha value is -2.50. The largest absolute Gasteiger partial charge is 0.444 e. The van der Waals surface area contributed by atoms with E-state index >= 15 is 0 Å². The quantitative estimate of drug-likeness (QED) is 0.875. The fourth-order valence-corrected chi connectivity index (χ4v) is 3.27. The van der Waals surface area contributed by atoms with E-state index in [0.29, 0.717) is 12.2 Å². The molecule has 0 unspecified atom stereocenters. The van der Waals surface area contributed by atoms with Gasteiger partial charge in [0.15, 0.2) is 0 Å². The molecule has 0 spiro atoms. The second-order valence-electron chi connectivity index (χ2n) is 7.51. The van der Waals surface area contributed by atoms with E-state index in [4.69, 9.17) is 10.5 Å². The van der Waals surface area contributed by atoms with Crippen molar-refractivity contribution >= 4 is 28.4 Å². The van der Waals surface area contributed by atoms with Crippen LogP contribution in [0.5, 0.6) is 0 Å². The molecule has 6 heteroatoms. The number of carbonyl (C=O) groups is 1. The molecule has 3 N–H and O–H groups in total. The monoisotopic (exact) mass is 342 g/mol. The Morgan fingerprint density at radius 3 is 2.88 bits per heavy atom. The Bertz CT molecular complexity index is 770. The highest BCUT2D eigenvalue weighted by Crippen LogP contribution is 2.33. The molecule has 1 amide bonds. The topological polar surface area (TPSA) is 80.5 Å². The SMILES string of the molecule is CC(C)(C)OC(=O)N[C@H]1CCCN(c2c(N)cnc3ccccc23)C1. The molecule has 6 nitrogen and oxygen atoms in total. The molecule has 1 fully saturated rings. The van der Waals surface area contributed by atoms with Gasteiger partial charge in [0.2, 0.25) is 0 Å². The third kappa shape index (κ3) is 4.13. The van der Waals surface area contributed by atoms with Crippen molar-refractivity contribution < 1.29 is 9.53 Å². The third-order valence-electron chi connectivity index (χ3n) is 4.23. The molecule has 0 saturated carbocycles. The first-order valence-corrected chi connectivity index (χ1v) is 8.71. The minimum absolute atomic E-state index is 0.0370. The molecule has 1 aliphatic heterocycles. The molecule has 134 valence electrons. The van der Waals surface area contributed by atoms with Gasteiger partial charge in [-0.1, -0.05) is 18.2 Å². The van der Waals surface area contributed by atoms with Crippen molar-refractivity contribution in [3.8, 4) is 0 Å². The highest BCUT2D eigenvalue weighted by atomic mass is 16.6. The van der Waals surface area contributed by atoms with Crippen molar-refractivity contribution in [3.63, 3.8) is 0 Å². The number of amides is 1. The first-order valence-electron chi connectivity index (χ1n) is 8.71. The molecule has 2 aromatic rings. The van der Waals surface area contributed by atoms with Crippen molar-refractivity contribution in [2.24, 2.45) is 0 Å². The molecule has 1 aromatic carbocycles. The van der Waals surface area contributed by atoms with Gasteiger partial charge in [-0.2, -0.15) is 0 Å². The number of carbonyl (C=O) groups excluding carboxylic acids is 1. The molecule has 1 atom stereocenters. The molecular formula is C19H26N4O2. The van der Waals surface area contributed by atoms with Crippen LogP contribution >= 0.6 is 0 Å². The van der Waals surface area contributed by atoms with E-state index in [1.807, 2.05) is 45.0 Å². The summed E-state index contributed by atoms with van der Waals surface area (Å²) in [6.07, 6.45) is 3.25. The van der Waals surface area contributed by atoms with Crippen LogP contribution in [0.15, 0.2) is 30.5 Å². The molecule has 3 rings (SSSR count). The number of rotatable bonds is 2. The molecule has 25 heavy (non-hydrogen) atoms. The van der Waals surface area contributed by atoms with E-state index in [1.54, 1.807) is 6.20 Å². The van der Waals surface area contributed by atoms with Crippen molar-refractivity contribution in [1.82, 2.24) is 10.3 Å². The number of ether oxygens (including phenoxy) is 1. The van der Waals surface area contributed by atoms with Crippen LogP contribution in [0, 0.1) is 0 Å². The molecule has 1 aromatic heterocycles. The summed E-state index contributed by atoms with van der Waals surface area (Å²) in [7, 11) is 0. The Morgan fingerprint density at radius 2 is 2.12 bits per heavy atom. The lowest BCUT2D eigenvalue weighted by Crippen LogP contribution is -2.49. The van der Waals surface area contributed by atoms with Crippen LogP contribution in [-0.2, 0) is 4.74 Å². The lowest BCUT2D eigenvalue weighted by atomic mass is 10.0. The number of hydrogen-bond acceptors (Lipinski definition) is 5. The number of pyridine rings is 1. The Morgan fingerprint density at radius 1 is 1.36 bits per heavy atom. The summed E-state index contributed by atoms with van der Waals surface area (Å²) in [5, 5.41) is 4.03. The lowest BCUT2D eigenvalue weighted by molar-refractivity contribution is 0.0500. The van der Waals surface area contributed by atoms with Gasteiger partial charge in [0.1, 0.15) is 5.60 Å². The second-order valence-corrected chi connectivity index (χ2v) is 7.51. The van der Waals surface area contributed by atoms with Gasteiger partial charge in [0.05, 0.1) is 23.1 Å². The first-order chi connectivity index (χ1) is 11.8. The molecule has 1 aliphatic rings. The van der Waals surface area contributed by atoms with E-state index < -0.39 is 5.60 Å². The fourth-order valence-electron chi connectivity index (χ4n) is 3.27. The number of para-hydroxylation sites is 1. The number of nitrogens with zero attached hydrogens (tertiary/aromatic N) is 2. The maximum absolute atomic E-state index is 12.1. The van der Waals surface area contributed by atoms with Crippen LogP contribution in [-0.4, -0.2) is 35.8 Å². The minimum Gasteiger partial charge on any atom is -0.444 e. The van der Waals surface area contributed by atoms with E-state index in [0.717, 1.165) is 36.0 Å².